The average molecular weight is 225 g/mol. The fourth-order valence-electron chi connectivity index (χ4n) is 1.51. The van der Waals surface area contributed by atoms with Crippen molar-refractivity contribution in [3.8, 4) is 0 Å². The summed E-state index contributed by atoms with van der Waals surface area (Å²) in [5.74, 6) is 1.08. The monoisotopic (exact) mass is 225 g/mol. The second kappa shape index (κ2) is 6.51. The molecule has 16 heavy (non-hydrogen) atoms. The van der Waals surface area contributed by atoms with E-state index in [4.69, 9.17) is 4.52 Å². The Balaban J connectivity index is 2.34. The number of rotatable bonds is 7. The maximum absolute atomic E-state index is 5.13. The predicted molar refractivity (Wildman–Crippen MR) is 65.6 cm³/mol. The molecule has 4 heteroatoms. The molecule has 0 aromatic carbocycles. The number of aromatic nitrogens is 2. The molecule has 4 nitrogen and oxygen atoms in total. The van der Waals surface area contributed by atoms with Crippen molar-refractivity contribution in [2.75, 3.05) is 5.32 Å². The highest BCUT2D eigenvalue weighted by molar-refractivity contribution is 5.20. The molecule has 1 atom stereocenters. The number of unbranched alkanes of at least 4 members (excludes halogenated alkanes) is 2. The van der Waals surface area contributed by atoms with Crippen LogP contribution in [0.5, 0.6) is 0 Å². The molecule has 0 bridgehead atoms. The third-order valence-corrected chi connectivity index (χ3v) is 2.57. The first-order chi connectivity index (χ1) is 7.63. The number of nitrogens with one attached hydrogen (secondary N) is 1. The van der Waals surface area contributed by atoms with Crippen molar-refractivity contribution >= 4 is 6.01 Å². The highest BCUT2D eigenvalue weighted by Gasteiger charge is 2.11. The van der Waals surface area contributed by atoms with E-state index in [-0.39, 0.29) is 0 Å². The van der Waals surface area contributed by atoms with Crippen LogP contribution < -0.4 is 5.32 Å². The third kappa shape index (κ3) is 4.21. The van der Waals surface area contributed by atoms with E-state index >= 15 is 0 Å². The lowest BCUT2D eigenvalue weighted by Crippen LogP contribution is -2.15. The van der Waals surface area contributed by atoms with Crippen molar-refractivity contribution in [1.29, 1.82) is 0 Å². The summed E-state index contributed by atoms with van der Waals surface area (Å²) in [5.41, 5.74) is 0. The van der Waals surface area contributed by atoms with Gasteiger partial charge in [0.05, 0.1) is 0 Å². The van der Waals surface area contributed by atoms with Crippen LogP contribution in [-0.4, -0.2) is 16.2 Å². The van der Waals surface area contributed by atoms with E-state index in [1.54, 1.807) is 0 Å². The van der Waals surface area contributed by atoms with Crippen molar-refractivity contribution < 1.29 is 4.52 Å². The molecule has 0 saturated carbocycles. The van der Waals surface area contributed by atoms with Crippen molar-refractivity contribution in [1.82, 2.24) is 10.1 Å². The molecule has 1 heterocycles. The van der Waals surface area contributed by atoms with Gasteiger partial charge in [0.2, 0.25) is 0 Å². The van der Waals surface area contributed by atoms with E-state index in [0.717, 1.165) is 12.2 Å². The van der Waals surface area contributed by atoms with Crippen molar-refractivity contribution in [2.24, 2.45) is 0 Å². The van der Waals surface area contributed by atoms with Gasteiger partial charge in [0, 0.05) is 12.0 Å². The lowest BCUT2D eigenvalue weighted by molar-refractivity contribution is 0.414. The van der Waals surface area contributed by atoms with Gasteiger partial charge in [-0.1, -0.05) is 45.2 Å². The maximum Gasteiger partial charge on any atom is 0.321 e. The zero-order chi connectivity index (χ0) is 12.0. The van der Waals surface area contributed by atoms with Crippen LogP contribution in [0.1, 0.15) is 65.1 Å². The van der Waals surface area contributed by atoms with Gasteiger partial charge in [0.15, 0.2) is 5.82 Å². The maximum atomic E-state index is 5.13. The van der Waals surface area contributed by atoms with Crippen LogP contribution >= 0.6 is 0 Å². The summed E-state index contributed by atoms with van der Waals surface area (Å²) in [4.78, 5) is 4.29. The Bertz CT molecular complexity index is 296. The zero-order valence-electron chi connectivity index (χ0n) is 10.8. The summed E-state index contributed by atoms with van der Waals surface area (Å²) in [5, 5.41) is 7.15. The van der Waals surface area contributed by atoms with Gasteiger partial charge in [0.1, 0.15) is 0 Å². The van der Waals surface area contributed by atoms with E-state index in [2.05, 4.69) is 43.2 Å². The number of hydrogen-bond donors (Lipinski definition) is 1. The summed E-state index contributed by atoms with van der Waals surface area (Å²) in [6.45, 7) is 8.47. The summed E-state index contributed by atoms with van der Waals surface area (Å²) in [6.07, 6.45) is 4.93. The molecule has 1 N–H and O–H groups in total. The Morgan fingerprint density at radius 1 is 1.25 bits per heavy atom. The molecular weight excluding hydrogens is 202 g/mol. The van der Waals surface area contributed by atoms with Crippen LogP contribution in [0.4, 0.5) is 6.01 Å². The Hall–Kier alpha value is -1.06. The largest absolute Gasteiger partial charge is 0.335 e. The smallest absolute Gasteiger partial charge is 0.321 e. The minimum Gasteiger partial charge on any atom is -0.335 e. The van der Waals surface area contributed by atoms with Gasteiger partial charge in [0.25, 0.3) is 0 Å². The fraction of sp³-hybridized carbons (Fsp3) is 0.833. The summed E-state index contributed by atoms with van der Waals surface area (Å²) < 4.78 is 5.13. The van der Waals surface area contributed by atoms with Crippen molar-refractivity contribution in [2.45, 2.75) is 65.3 Å². The Labute approximate surface area is 97.8 Å². The molecule has 0 spiro atoms. The first-order valence-corrected chi connectivity index (χ1v) is 6.23. The van der Waals surface area contributed by atoms with Crippen LogP contribution in [0.15, 0.2) is 4.52 Å². The molecule has 0 radical (unpaired) electrons. The van der Waals surface area contributed by atoms with Crippen LogP contribution in [0.25, 0.3) is 0 Å². The highest BCUT2D eigenvalue weighted by Crippen LogP contribution is 2.14. The second-order valence-corrected chi connectivity index (χ2v) is 4.65. The molecule has 0 aliphatic rings. The lowest BCUT2D eigenvalue weighted by atomic mass is 10.1. The molecule has 0 saturated heterocycles. The van der Waals surface area contributed by atoms with Gasteiger partial charge >= 0.3 is 6.01 Å². The van der Waals surface area contributed by atoms with Crippen LogP contribution in [0, 0.1) is 0 Å². The Kier molecular flexibility index (Phi) is 5.29. The lowest BCUT2D eigenvalue weighted by Gasteiger charge is -2.10. The van der Waals surface area contributed by atoms with E-state index in [1.807, 2.05) is 0 Å². The van der Waals surface area contributed by atoms with Crippen LogP contribution in [0.3, 0.4) is 0 Å². The first kappa shape index (κ1) is 13.0. The molecular formula is C12H23N3O. The topological polar surface area (TPSA) is 51.0 Å². The zero-order valence-corrected chi connectivity index (χ0v) is 10.8. The van der Waals surface area contributed by atoms with Crippen LogP contribution in [0.2, 0.25) is 0 Å². The molecule has 1 unspecified atom stereocenters. The van der Waals surface area contributed by atoms with Crippen molar-refractivity contribution in [3.63, 3.8) is 0 Å². The molecule has 92 valence electrons. The SMILES string of the molecule is CCCCCC(C)Nc1nc(C(C)C)no1. The standard InChI is InChI=1S/C12H23N3O/c1-5-6-7-8-10(4)13-12-14-11(9(2)3)15-16-12/h9-10H,5-8H2,1-4H3,(H,13,14,15). The molecule has 0 fully saturated rings. The minimum atomic E-state index is 0.315. The number of anilines is 1. The van der Waals surface area contributed by atoms with E-state index in [0.29, 0.717) is 18.0 Å². The van der Waals surface area contributed by atoms with Crippen molar-refractivity contribution in [3.05, 3.63) is 5.82 Å². The number of hydrogen-bond acceptors (Lipinski definition) is 4. The van der Waals surface area contributed by atoms with Gasteiger partial charge < -0.3 is 9.84 Å². The molecule has 1 aromatic heterocycles. The molecule has 0 aliphatic carbocycles. The van der Waals surface area contributed by atoms with Gasteiger partial charge in [-0.05, 0) is 13.3 Å². The summed E-state index contributed by atoms with van der Waals surface area (Å²) >= 11 is 0. The molecule has 1 aromatic rings. The quantitative estimate of drug-likeness (QED) is 0.721. The fourth-order valence-corrected chi connectivity index (χ4v) is 1.51. The Morgan fingerprint density at radius 3 is 2.56 bits per heavy atom. The van der Waals surface area contributed by atoms with Crippen LogP contribution in [-0.2, 0) is 0 Å². The molecule has 1 rings (SSSR count). The normalized spacial score (nSPS) is 13.1. The van der Waals surface area contributed by atoms with E-state index < -0.39 is 0 Å². The Morgan fingerprint density at radius 2 is 2.00 bits per heavy atom. The van der Waals surface area contributed by atoms with E-state index in [9.17, 15) is 0 Å². The molecule has 0 aliphatic heterocycles. The summed E-state index contributed by atoms with van der Waals surface area (Å²) in [7, 11) is 0. The average Bonchev–Trinajstić information content (AvgIpc) is 2.66. The van der Waals surface area contributed by atoms with Gasteiger partial charge in [-0.15, -0.1) is 0 Å². The minimum absolute atomic E-state index is 0.315. The van der Waals surface area contributed by atoms with Gasteiger partial charge in [-0.25, -0.2) is 0 Å². The van der Waals surface area contributed by atoms with Gasteiger partial charge in [-0.2, -0.15) is 4.98 Å². The van der Waals surface area contributed by atoms with Gasteiger partial charge in [-0.3, -0.25) is 0 Å². The predicted octanol–water partition coefficient (Wildman–Crippen LogP) is 3.57. The summed E-state index contributed by atoms with van der Waals surface area (Å²) in [6, 6.07) is 0.944. The third-order valence-electron chi connectivity index (χ3n) is 2.57. The second-order valence-electron chi connectivity index (χ2n) is 4.65. The molecule has 0 amide bonds. The van der Waals surface area contributed by atoms with E-state index in [1.165, 1.54) is 19.3 Å². The number of nitrogens with zero attached hydrogens (tertiary/aromatic N) is 2. The first-order valence-electron chi connectivity index (χ1n) is 6.23. The highest BCUT2D eigenvalue weighted by atomic mass is 16.5.